The van der Waals surface area contributed by atoms with Crippen LogP contribution in [0.5, 0.6) is 0 Å². The quantitative estimate of drug-likeness (QED) is 0.136. The predicted octanol–water partition coefficient (Wildman–Crippen LogP) is 2.57. The molecule has 3 rings (SSSR count). The van der Waals surface area contributed by atoms with E-state index >= 15 is 0 Å². The van der Waals surface area contributed by atoms with Crippen LogP contribution in [0.3, 0.4) is 0 Å². The number of aliphatic hydroxyl groups is 1. The van der Waals surface area contributed by atoms with Crippen molar-refractivity contribution >= 4 is 28.7 Å². The number of nitrogens with zero attached hydrogens (tertiary/aromatic N) is 3. The maximum absolute atomic E-state index is 9.41. The zero-order valence-corrected chi connectivity index (χ0v) is 19.5. The third-order valence-corrected chi connectivity index (χ3v) is 5.24. The van der Waals surface area contributed by atoms with Crippen molar-refractivity contribution in [3.05, 3.63) is 90.3 Å². The molecule has 0 aliphatic carbocycles. The Bertz CT molecular complexity index is 1090. The molecule has 2 aromatic carbocycles. The highest BCUT2D eigenvalue weighted by atomic mass is 32.1. The van der Waals surface area contributed by atoms with Gasteiger partial charge in [0.1, 0.15) is 16.6 Å². The molecule has 0 saturated heterocycles. The van der Waals surface area contributed by atoms with Gasteiger partial charge in [-0.15, -0.1) is 0 Å². The summed E-state index contributed by atoms with van der Waals surface area (Å²) in [7, 11) is 1.74. The summed E-state index contributed by atoms with van der Waals surface area (Å²) in [6.07, 6.45) is 5.41. The van der Waals surface area contributed by atoms with Crippen molar-refractivity contribution in [2.24, 2.45) is 10.7 Å². The van der Waals surface area contributed by atoms with Crippen LogP contribution < -0.4 is 21.7 Å². The topological polar surface area (TPSA) is 113 Å². The molecule has 0 fully saturated rings. The summed E-state index contributed by atoms with van der Waals surface area (Å²) < 4.78 is 1.95. The molecule has 3 aromatic rings. The van der Waals surface area contributed by atoms with Gasteiger partial charge in [-0.1, -0.05) is 42.5 Å². The summed E-state index contributed by atoms with van der Waals surface area (Å²) in [6.45, 7) is 2.20. The lowest BCUT2D eigenvalue weighted by atomic mass is 10.1. The highest BCUT2D eigenvalue weighted by molar-refractivity contribution is 7.80. The average Bonchev–Trinajstić information content (AvgIpc) is 3.38. The van der Waals surface area contributed by atoms with Gasteiger partial charge in [-0.05, 0) is 36.8 Å². The molecule has 172 valence electrons. The molecule has 1 aromatic heterocycles. The van der Waals surface area contributed by atoms with E-state index < -0.39 is 0 Å². The number of imidazole rings is 1. The Morgan fingerprint density at radius 1 is 1.18 bits per heavy atom. The van der Waals surface area contributed by atoms with Crippen molar-refractivity contribution in [3.8, 4) is 5.69 Å². The first-order valence-electron chi connectivity index (χ1n) is 10.6. The molecule has 1 atom stereocenters. The van der Waals surface area contributed by atoms with Gasteiger partial charge in [0.05, 0.1) is 24.5 Å². The number of anilines is 1. The highest BCUT2D eigenvalue weighted by Gasteiger charge is 2.17. The van der Waals surface area contributed by atoms with E-state index in [2.05, 4.69) is 25.9 Å². The molecule has 8 nitrogen and oxygen atoms in total. The molecule has 0 amide bonds. The minimum absolute atomic E-state index is 0.113. The molecule has 1 unspecified atom stereocenters. The standard InChI is InChI=1S/C24H29N7OS/c1-17(15-32)29-22(25)21(24(33)26-2)23(30-19-6-4-3-5-7-19)28-14-18-8-10-20(11-9-18)31-13-12-27-16-31/h3-13,16-17,28,30,32H,14-15H2,1-2H3,(H2,25,29)(H,26,33)/b23-21-. The molecule has 1 heterocycles. The van der Waals surface area contributed by atoms with Crippen LogP contribution in [0.25, 0.3) is 5.69 Å². The Balaban J connectivity index is 1.92. The fourth-order valence-electron chi connectivity index (χ4n) is 3.07. The summed E-state index contributed by atoms with van der Waals surface area (Å²) in [5.74, 6) is 0.850. The van der Waals surface area contributed by atoms with Gasteiger partial charge >= 0.3 is 0 Å². The molecule has 6 N–H and O–H groups in total. The van der Waals surface area contributed by atoms with Gasteiger partial charge in [-0.3, -0.25) is 4.99 Å². The number of para-hydroxylation sites is 1. The third kappa shape index (κ3) is 6.64. The molecule has 0 aliphatic rings. The van der Waals surface area contributed by atoms with Crippen LogP contribution in [0.15, 0.2) is 89.7 Å². The van der Waals surface area contributed by atoms with E-state index in [9.17, 15) is 5.11 Å². The number of nitrogens with two attached hydrogens (primary N) is 1. The fourth-order valence-corrected chi connectivity index (χ4v) is 3.28. The van der Waals surface area contributed by atoms with Crippen molar-refractivity contribution in [2.45, 2.75) is 19.5 Å². The Hall–Kier alpha value is -3.69. The lowest BCUT2D eigenvalue weighted by Crippen LogP contribution is -2.35. The van der Waals surface area contributed by atoms with Gasteiger partial charge in [0.25, 0.3) is 0 Å². The van der Waals surface area contributed by atoms with Gasteiger partial charge in [0.2, 0.25) is 0 Å². The largest absolute Gasteiger partial charge is 0.394 e. The normalized spacial score (nSPS) is 13.1. The highest BCUT2D eigenvalue weighted by Crippen LogP contribution is 2.15. The lowest BCUT2D eigenvalue weighted by molar-refractivity contribution is 0.274. The molecule has 0 radical (unpaired) electrons. The number of aliphatic imine (C=N–C) groups is 1. The van der Waals surface area contributed by atoms with E-state index in [0.717, 1.165) is 16.9 Å². The molecule has 9 heteroatoms. The average molecular weight is 464 g/mol. The van der Waals surface area contributed by atoms with Crippen LogP contribution in [0.1, 0.15) is 12.5 Å². The van der Waals surface area contributed by atoms with Gasteiger partial charge in [0.15, 0.2) is 0 Å². The minimum atomic E-state index is -0.353. The number of rotatable bonds is 10. The second-order valence-electron chi connectivity index (χ2n) is 7.36. The lowest BCUT2D eigenvalue weighted by Gasteiger charge is -2.20. The van der Waals surface area contributed by atoms with Gasteiger partial charge < -0.3 is 31.4 Å². The minimum Gasteiger partial charge on any atom is -0.394 e. The third-order valence-electron chi connectivity index (χ3n) is 4.84. The van der Waals surface area contributed by atoms with E-state index in [1.54, 1.807) is 26.5 Å². The molecular weight excluding hydrogens is 434 g/mol. The Morgan fingerprint density at radius 2 is 1.91 bits per heavy atom. The van der Waals surface area contributed by atoms with Crippen molar-refractivity contribution in [2.75, 3.05) is 19.0 Å². The summed E-state index contributed by atoms with van der Waals surface area (Å²) in [6, 6.07) is 17.5. The Kier molecular flexibility index (Phi) is 8.56. The number of hydrogen-bond donors (Lipinski definition) is 5. The molecule has 0 bridgehead atoms. The number of likely N-dealkylation sites (N-methyl/N-ethyl adjacent to an activating group) is 1. The van der Waals surface area contributed by atoms with Crippen molar-refractivity contribution in [1.29, 1.82) is 0 Å². The molecule has 0 aliphatic heterocycles. The van der Waals surface area contributed by atoms with Gasteiger partial charge in [-0.25, -0.2) is 4.98 Å². The summed E-state index contributed by atoms with van der Waals surface area (Å²) in [5, 5.41) is 19.2. The van der Waals surface area contributed by atoms with Crippen LogP contribution in [-0.4, -0.2) is 45.2 Å². The fraction of sp³-hybridized carbons (Fsp3) is 0.208. The predicted molar refractivity (Wildman–Crippen MR) is 137 cm³/mol. The first-order valence-corrected chi connectivity index (χ1v) is 11.0. The van der Waals surface area contributed by atoms with Crippen LogP contribution in [0.4, 0.5) is 5.69 Å². The second kappa shape index (κ2) is 11.8. The molecule has 0 saturated carbocycles. The van der Waals surface area contributed by atoms with Crippen molar-refractivity contribution < 1.29 is 5.11 Å². The van der Waals surface area contributed by atoms with Gasteiger partial charge in [-0.2, -0.15) is 0 Å². The van der Waals surface area contributed by atoms with Gasteiger partial charge in [0, 0.05) is 37.4 Å². The van der Waals surface area contributed by atoms with E-state index in [1.165, 1.54) is 0 Å². The van der Waals surface area contributed by atoms with Crippen LogP contribution >= 0.6 is 12.2 Å². The van der Waals surface area contributed by atoms with E-state index in [-0.39, 0.29) is 18.5 Å². The number of thiocarbonyl (C=S) groups is 1. The van der Waals surface area contributed by atoms with Crippen LogP contribution in [-0.2, 0) is 6.54 Å². The summed E-state index contributed by atoms with van der Waals surface area (Å²) >= 11 is 5.55. The van der Waals surface area contributed by atoms with Crippen LogP contribution in [0, 0.1) is 0 Å². The summed E-state index contributed by atoms with van der Waals surface area (Å²) in [5.41, 5.74) is 9.84. The Labute approximate surface area is 199 Å². The number of nitrogens with one attached hydrogen (secondary N) is 3. The van der Waals surface area contributed by atoms with Crippen LogP contribution in [0.2, 0.25) is 0 Å². The SMILES string of the molecule is CNC(=S)/C(C(N)=NC(C)CO)=C(/NCc1ccc(-n2ccnc2)cc1)Nc1ccccc1. The second-order valence-corrected chi connectivity index (χ2v) is 7.76. The van der Waals surface area contributed by atoms with Crippen molar-refractivity contribution in [1.82, 2.24) is 20.2 Å². The maximum atomic E-state index is 9.41. The number of aromatic nitrogens is 2. The monoisotopic (exact) mass is 463 g/mol. The summed E-state index contributed by atoms with van der Waals surface area (Å²) in [4.78, 5) is 8.91. The van der Waals surface area contributed by atoms with E-state index in [1.807, 2.05) is 65.4 Å². The van der Waals surface area contributed by atoms with Crippen molar-refractivity contribution in [3.63, 3.8) is 0 Å². The number of hydrogen-bond acceptors (Lipinski definition) is 6. The Morgan fingerprint density at radius 3 is 2.52 bits per heavy atom. The molecule has 0 spiro atoms. The van der Waals surface area contributed by atoms with E-state index in [4.69, 9.17) is 18.0 Å². The molecular formula is C24H29N7OS. The number of amidine groups is 1. The number of aliphatic hydroxyl groups excluding tert-OH is 1. The first kappa shape index (κ1) is 24.0. The maximum Gasteiger partial charge on any atom is 0.132 e. The molecule has 33 heavy (non-hydrogen) atoms. The first-order chi connectivity index (χ1) is 16.0. The van der Waals surface area contributed by atoms with E-state index in [0.29, 0.717) is 22.9 Å². The number of benzene rings is 2. The zero-order valence-electron chi connectivity index (χ0n) is 18.7. The smallest absolute Gasteiger partial charge is 0.132 e. The zero-order chi connectivity index (χ0) is 23.6.